The van der Waals surface area contributed by atoms with Crippen LogP contribution in [-0.4, -0.2) is 38.5 Å². The van der Waals surface area contributed by atoms with E-state index in [2.05, 4.69) is 21.1 Å². The first kappa shape index (κ1) is 26.6. The van der Waals surface area contributed by atoms with Crippen molar-refractivity contribution in [3.8, 4) is 11.5 Å². The molecule has 0 aliphatic carbocycles. The molecular weight excluding hydrogens is 432 g/mol. The van der Waals surface area contributed by atoms with Gasteiger partial charge in [-0.2, -0.15) is 10.2 Å². The van der Waals surface area contributed by atoms with Crippen LogP contribution < -0.4 is 20.3 Å². The Morgan fingerprint density at radius 3 is 1.35 bits per heavy atom. The van der Waals surface area contributed by atoms with Crippen molar-refractivity contribution in [2.45, 2.75) is 51.4 Å². The predicted molar refractivity (Wildman–Crippen MR) is 134 cm³/mol. The number of rotatable bonds is 15. The number of carbonyl (C=O) groups is 2. The molecule has 0 bridgehead atoms. The highest BCUT2D eigenvalue weighted by molar-refractivity contribution is 5.83. The molecule has 8 nitrogen and oxygen atoms in total. The van der Waals surface area contributed by atoms with Gasteiger partial charge in [0.05, 0.1) is 26.6 Å². The Morgan fingerprint density at radius 2 is 1.00 bits per heavy atom. The van der Waals surface area contributed by atoms with Crippen molar-refractivity contribution in [3.05, 3.63) is 59.7 Å². The zero-order valence-electron chi connectivity index (χ0n) is 20.0. The first-order valence-corrected chi connectivity index (χ1v) is 11.5. The predicted octanol–water partition coefficient (Wildman–Crippen LogP) is 4.43. The van der Waals surface area contributed by atoms with Crippen LogP contribution in [0.4, 0.5) is 0 Å². The largest absolute Gasteiger partial charge is 0.497 e. The van der Waals surface area contributed by atoms with Crippen LogP contribution in [0.25, 0.3) is 0 Å². The second kappa shape index (κ2) is 16.0. The van der Waals surface area contributed by atoms with E-state index in [0.717, 1.165) is 61.2 Å². The Balaban J connectivity index is 1.44. The fourth-order valence-electron chi connectivity index (χ4n) is 3.13. The van der Waals surface area contributed by atoms with E-state index in [-0.39, 0.29) is 11.8 Å². The standard InChI is InChI=1S/C26H34N4O4/c1-33-23-15-11-21(12-16-23)19-27-29-25(31)9-7-5-3-4-6-8-10-26(32)30-28-20-22-13-17-24(34-2)18-14-22/h11-20H,3-10H2,1-2H3,(H,29,31)(H,30,32)/b27-19+,28-20+. The van der Waals surface area contributed by atoms with Gasteiger partial charge in [-0.3, -0.25) is 9.59 Å². The lowest BCUT2D eigenvalue weighted by Crippen LogP contribution is -2.17. The van der Waals surface area contributed by atoms with Gasteiger partial charge in [-0.25, -0.2) is 10.9 Å². The molecule has 0 spiro atoms. The van der Waals surface area contributed by atoms with E-state index in [9.17, 15) is 9.59 Å². The van der Waals surface area contributed by atoms with Crippen LogP contribution in [0.3, 0.4) is 0 Å². The molecule has 2 amide bonds. The van der Waals surface area contributed by atoms with Gasteiger partial charge in [0.15, 0.2) is 0 Å². The van der Waals surface area contributed by atoms with E-state index in [1.807, 2.05) is 48.5 Å². The summed E-state index contributed by atoms with van der Waals surface area (Å²) in [5.74, 6) is 1.38. The number of nitrogens with zero attached hydrogens (tertiary/aromatic N) is 2. The summed E-state index contributed by atoms with van der Waals surface area (Å²) in [4.78, 5) is 23.7. The summed E-state index contributed by atoms with van der Waals surface area (Å²) >= 11 is 0. The molecule has 0 saturated heterocycles. The number of nitrogens with one attached hydrogen (secondary N) is 2. The van der Waals surface area contributed by atoms with E-state index < -0.39 is 0 Å². The maximum Gasteiger partial charge on any atom is 0.240 e. The van der Waals surface area contributed by atoms with Crippen molar-refractivity contribution in [3.63, 3.8) is 0 Å². The quantitative estimate of drug-likeness (QED) is 0.230. The Morgan fingerprint density at radius 1 is 0.647 bits per heavy atom. The molecule has 8 heteroatoms. The van der Waals surface area contributed by atoms with Gasteiger partial charge in [0.25, 0.3) is 0 Å². The third kappa shape index (κ3) is 11.3. The number of hydrogen-bond donors (Lipinski definition) is 2. The molecule has 2 aromatic rings. The normalized spacial score (nSPS) is 11.0. The zero-order chi connectivity index (χ0) is 24.4. The number of amides is 2. The second-order valence-corrected chi connectivity index (χ2v) is 7.75. The second-order valence-electron chi connectivity index (χ2n) is 7.75. The van der Waals surface area contributed by atoms with Gasteiger partial charge in [0.2, 0.25) is 11.8 Å². The number of ether oxygens (including phenoxy) is 2. The number of hydrogen-bond acceptors (Lipinski definition) is 6. The van der Waals surface area contributed by atoms with E-state index in [0.29, 0.717) is 12.8 Å². The van der Waals surface area contributed by atoms with Crippen molar-refractivity contribution >= 4 is 24.2 Å². The van der Waals surface area contributed by atoms with Crippen LogP contribution in [-0.2, 0) is 9.59 Å². The Hall–Kier alpha value is -3.68. The van der Waals surface area contributed by atoms with E-state index in [4.69, 9.17) is 9.47 Å². The average molecular weight is 467 g/mol. The summed E-state index contributed by atoms with van der Waals surface area (Å²) in [5.41, 5.74) is 6.88. The van der Waals surface area contributed by atoms with Crippen LogP contribution >= 0.6 is 0 Å². The molecular formula is C26H34N4O4. The van der Waals surface area contributed by atoms with Crippen molar-refractivity contribution in [1.29, 1.82) is 0 Å². The molecule has 0 radical (unpaired) electrons. The fourth-order valence-corrected chi connectivity index (χ4v) is 3.13. The van der Waals surface area contributed by atoms with Gasteiger partial charge < -0.3 is 9.47 Å². The number of methoxy groups -OCH3 is 2. The van der Waals surface area contributed by atoms with Gasteiger partial charge in [-0.05, 0) is 72.5 Å². The number of hydrazone groups is 2. The lowest BCUT2D eigenvalue weighted by molar-refractivity contribution is -0.122. The minimum atomic E-state index is -0.0865. The molecule has 0 saturated carbocycles. The molecule has 2 aromatic carbocycles. The number of unbranched alkanes of at least 4 members (excludes halogenated alkanes) is 5. The Kier molecular flexibility index (Phi) is 12.5. The van der Waals surface area contributed by atoms with Crippen molar-refractivity contribution in [2.24, 2.45) is 10.2 Å². The molecule has 0 atom stereocenters. The number of carbonyl (C=O) groups excluding carboxylic acids is 2. The fraction of sp³-hybridized carbons (Fsp3) is 0.385. The SMILES string of the molecule is COc1ccc(/C=N/NC(=O)CCCCCCCCC(=O)N/N=C/c2ccc(OC)cc2)cc1. The lowest BCUT2D eigenvalue weighted by Gasteiger charge is -2.03. The monoisotopic (exact) mass is 466 g/mol. The molecule has 0 fully saturated rings. The van der Waals surface area contributed by atoms with Gasteiger partial charge >= 0.3 is 0 Å². The zero-order valence-corrected chi connectivity index (χ0v) is 20.0. The van der Waals surface area contributed by atoms with Gasteiger partial charge in [0, 0.05) is 12.8 Å². The molecule has 2 N–H and O–H groups in total. The third-order valence-electron chi connectivity index (χ3n) is 5.10. The molecule has 34 heavy (non-hydrogen) atoms. The van der Waals surface area contributed by atoms with E-state index >= 15 is 0 Å². The molecule has 0 aliphatic rings. The molecule has 0 aromatic heterocycles. The Labute approximate surface area is 201 Å². The summed E-state index contributed by atoms with van der Waals surface area (Å²) in [6.45, 7) is 0. The minimum Gasteiger partial charge on any atom is -0.497 e. The van der Waals surface area contributed by atoms with Crippen molar-refractivity contribution in [2.75, 3.05) is 14.2 Å². The van der Waals surface area contributed by atoms with Gasteiger partial charge in [0.1, 0.15) is 11.5 Å². The highest BCUT2D eigenvalue weighted by Gasteiger charge is 2.01. The van der Waals surface area contributed by atoms with Crippen molar-refractivity contribution < 1.29 is 19.1 Å². The lowest BCUT2D eigenvalue weighted by atomic mass is 10.1. The summed E-state index contributed by atoms with van der Waals surface area (Å²) < 4.78 is 10.2. The molecule has 0 unspecified atom stereocenters. The van der Waals surface area contributed by atoms with Crippen LogP contribution in [0.15, 0.2) is 58.7 Å². The Bertz CT molecular complexity index is 847. The smallest absolute Gasteiger partial charge is 0.240 e. The first-order valence-electron chi connectivity index (χ1n) is 11.5. The topological polar surface area (TPSA) is 101 Å². The van der Waals surface area contributed by atoms with E-state index in [1.165, 1.54) is 0 Å². The molecule has 0 heterocycles. The highest BCUT2D eigenvalue weighted by atomic mass is 16.5. The van der Waals surface area contributed by atoms with Crippen LogP contribution in [0.1, 0.15) is 62.5 Å². The third-order valence-corrected chi connectivity index (χ3v) is 5.10. The van der Waals surface area contributed by atoms with Gasteiger partial charge in [-0.1, -0.05) is 25.7 Å². The molecule has 182 valence electrons. The van der Waals surface area contributed by atoms with E-state index in [1.54, 1.807) is 26.6 Å². The number of benzene rings is 2. The summed E-state index contributed by atoms with van der Waals surface area (Å²) in [5, 5.41) is 7.96. The van der Waals surface area contributed by atoms with Crippen LogP contribution in [0.5, 0.6) is 11.5 Å². The van der Waals surface area contributed by atoms with Gasteiger partial charge in [-0.15, -0.1) is 0 Å². The summed E-state index contributed by atoms with van der Waals surface area (Å²) in [6, 6.07) is 14.8. The average Bonchev–Trinajstić information content (AvgIpc) is 2.86. The van der Waals surface area contributed by atoms with Crippen LogP contribution in [0.2, 0.25) is 0 Å². The minimum absolute atomic E-state index is 0.0865. The highest BCUT2D eigenvalue weighted by Crippen LogP contribution is 2.11. The molecule has 0 aliphatic heterocycles. The molecule has 2 rings (SSSR count). The first-order chi connectivity index (χ1) is 16.6. The maximum absolute atomic E-state index is 11.8. The maximum atomic E-state index is 11.8. The van der Waals surface area contributed by atoms with Crippen molar-refractivity contribution in [1.82, 2.24) is 10.9 Å². The summed E-state index contributed by atoms with van der Waals surface area (Å²) in [6.07, 6.45) is 9.81. The summed E-state index contributed by atoms with van der Waals surface area (Å²) in [7, 11) is 3.23. The van der Waals surface area contributed by atoms with Crippen LogP contribution in [0, 0.1) is 0 Å².